The molecular formula is C19H26FN5S. The standard InChI is InChI=1S/C19H26FN5S/c1-21-19(23-14-16-6-13-26-15-16)22-7-8-24-9-11-25(12-10-24)18-4-2-17(20)3-5-18/h2-6,13,15H,7-12,14H2,1H3,(H2,21,22,23). The van der Waals surface area contributed by atoms with Crippen LogP contribution in [0.15, 0.2) is 46.1 Å². The molecule has 1 saturated heterocycles. The fourth-order valence-electron chi connectivity index (χ4n) is 3.01. The van der Waals surface area contributed by atoms with E-state index in [2.05, 4.69) is 42.3 Å². The Hall–Kier alpha value is -2.12. The minimum atomic E-state index is -0.181. The van der Waals surface area contributed by atoms with Crippen LogP contribution in [0.5, 0.6) is 0 Å². The highest BCUT2D eigenvalue weighted by molar-refractivity contribution is 7.07. The summed E-state index contributed by atoms with van der Waals surface area (Å²) in [6.07, 6.45) is 0. The van der Waals surface area contributed by atoms with E-state index in [0.29, 0.717) is 0 Å². The molecule has 0 saturated carbocycles. The van der Waals surface area contributed by atoms with Crippen LogP contribution >= 0.6 is 11.3 Å². The van der Waals surface area contributed by atoms with E-state index in [9.17, 15) is 4.39 Å². The lowest BCUT2D eigenvalue weighted by molar-refractivity contribution is 0.261. The minimum Gasteiger partial charge on any atom is -0.369 e. The third kappa shape index (κ3) is 5.44. The minimum absolute atomic E-state index is 0.181. The van der Waals surface area contributed by atoms with E-state index >= 15 is 0 Å². The van der Waals surface area contributed by atoms with Crippen molar-refractivity contribution in [3.05, 3.63) is 52.5 Å². The van der Waals surface area contributed by atoms with Crippen LogP contribution in [0.2, 0.25) is 0 Å². The summed E-state index contributed by atoms with van der Waals surface area (Å²) >= 11 is 1.71. The first-order chi connectivity index (χ1) is 12.7. The number of guanidine groups is 1. The van der Waals surface area contributed by atoms with Gasteiger partial charge in [-0.25, -0.2) is 4.39 Å². The van der Waals surface area contributed by atoms with Crippen LogP contribution in [0.25, 0.3) is 0 Å². The highest BCUT2D eigenvalue weighted by Gasteiger charge is 2.16. The Bertz CT molecular complexity index is 678. The van der Waals surface area contributed by atoms with Crippen molar-refractivity contribution in [3.63, 3.8) is 0 Å². The molecule has 0 amide bonds. The van der Waals surface area contributed by atoms with E-state index in [0.717, 1.165) is 57.5 Å². The van der Waals surface area contributed by atoms with E-state index in [-0.39, 0.29) is 5.82 Å². The summed E-state index contributed by atoms with van der Waals surface area (Å²) < 4.78 is 13.0. The summed E-state index contributed by atoms with van der Waals surface area (Å²) in [4.78, 5) is 9.02. The van der Waals surface area contributed by atoms with Gasteiger partial charge in [0.1, 0.15) is 5.82 Å². The van der Waals surface area contributed by atoms with E-state index in [1.165, 1.54) is 17.7 Å². The number of benzene rings is 1. The van der Waals surface area contributed by atoms with Crippen LogP contribution in [-0.2, 0) is 6.54 Å². The molecule has 1 aliphatic rings. The largest absolute Gasteiger partial charge is 0.369 e. The van der Waals surface area contributed by atoms with Gasteiger partial charge in [0.2, 0.25) is 0 Å². The molecule has 2 N–H and O–H groups in total. The summed E-state index contributed by atoms with van der Waals surface area (Å²) in [6, 6.07) is 8.89. The molecule has 1 aromatic heterocycles. The van der Waals surface area contributed by atoms with Gasteiger partial charge in [0.05, 0.1) is 0 Å². The van der Waals surface area contributed by atoms with Crippen molar-refractivity contribution in [1.82, 2.24) is 15.5 Å². The Morgan fingerprint density at radius 2 is 1.88 bits per heavy atom. The molecule has 26 heavy (non-hydrogen) atoms. The molecule has 1 aromatic carbocycles. The van der Waals surface area contributed by atoms with Gasteiger partial charge in [-0.05, 0) is 46.7 Å². The molecule has 0 atom stereocenters. The predicted molar refractivity (Wildman–Crippen MR) is 108 cm³/mol. The van der Waals surface area contributed by atoms with Gasteiger partial charge in [-0.2, -0.15) is 11.3 Å². The molecule has 2 heterocycles. The first-order valence-corrected chi connectivity index (χ1v) is 9.87. The lowest BCUT2D eigenvalue weighted by Gasteiger charge is -2.36. The smallest absolute Gasteiger partial charge is 0.191 e. The van der Waals surface area contributed by atoms with Gasteiger partial charge in [0, 0.05) is 58.5 Å². The zero-order valence-corrected chi connectivity index (χ0v) is 15.9. The van der Waals surface area contributed by atoms with Crippen molar-refractivity contribution in [2.45, 2.75) is 6.54 Å². The molecule has 0 bridgehead atoms. The third-order valence-corrected chi connectivity index (χ3v) is 5.28. The zero-order chi connectivity index (χ0) is 18.2. The van der Waals surface area contributed by atoms with Gasteiger partial charge in [-0.1, -0.05) is 0 Å². The van der Waals surface area contributed by atoms with Crippen molar-refractivity contribution in [2.75, 3.05) is 51.2 Å². The van der Waals surface area contributed by atoms with Gasteiger partial charge in [0.15, 0.2) is 5.96 Å². The number of hydrogen-bond donors (Lipinski definition) is 2. The number of nitrogens with one attached hydrogen (secondary N) is 2. The first-order valence-electron chi connectivity index (χ1n) is 8.93. The van der Waals surface area contributed by atoms with Gasteiger partial charge < -0.3 is 15.5 Å². The fourth-order valence-corrected chi connectivity index (χ4v) is 3.68. The molecule has 140 valence electrons. The Morgan fingerprint density at radius 1 is 1.12 bits per heavy atom. The molecule has 3 rings (SSSR count). The normalized spacial score (nSPS) is 15.9. The van der Waals surface area contributed by atoms with E-state index in [1.54, 1.807) is 18.4 Å². The van der Waals surface area contributed by atoms with Gasteiger partial charge >= 0.3 is 0 Å². The van der Waals surface area contributed by atoms with Crippen LogP contribution in [0.1, 0.15) is 5.56 Å². The van der Waals surface area contributed by atoms with Crippen LogP contribution < -0.4 is 15.5 Å². The molecule has 0 unspecified atom stereocenters. The quantitative estimate of drug-likeness (QED) is 0.601. The Morgan fingerprint density at radius 3 is 2.54 bits per heavy atom. The van der Waals surface area contributed by atoms with Gasteiger partial charge in [0.25, 0.3) is 0 Å². The number of thiophene rings is 1. The fraction of sp³-hybridized carbons (Fsp3) is 0.421. The monoisotopic (exact) mass is 375 g/mol. The first kappa shape index (κ1) is 18.7. The number of anilines is 1. The topological polar surface area (TPSA) is 42.9 Å². The second-order valence-corrected chi connectivity index (χ2v) is 7.07. The molecule has 0 radical (unpaired) electrons. The third-order valence-electron chi connectivity index (χ3n) is 4.55. The average molecular weight is 376 g/mol. The van der Waals surface area contributed by atoms with E-state index in [1.807, 2.05) is 12.1 Å². The highest BCUT2D eigenvalue weighted by atomic mass is 32.1. The predicted octanol–water partition coefficient (Wildman–Crippen LogP) is 2.37. The SMILES string of the molecule is CN=C(NCCN1CCN(c2ccc(F)cc2)CC1)NCc1ccsc1. The molecule has 5 nitrogen and oxygen atoms in total. The molecular weight excluding hydrogens is 349 g/mol. The van der Waals surface area contributed by atoms with Crippen molar-refractivity contribution < 1.29 is 4.39 Å². The van der Waals surface area contributed by atoms with Crippen molar-refractivity contribution in [1.29, 1.82) is 0 Å². The maximum Gasteiger partial charge on any atom is 0.191 e. The Kier molecular flexibility index (Phi) is 6.85. The van der Waals surface area contributed by atoms with Gasteiger partial charge in [-0.15, -0.1) is 0 Å². The summed E-state index contributed by atoms with van der Waals surface area (Å²) in [5.74, 6) is 0.653. The number of piperazine rings is 1. The maximum absolute atomic E-state index is 13.0. The number of hydrogen-bond acceptors (Lipinski definition) is 4. The summed E-state index contributed by atoms with van der Waals surface area (Å²) in [5.41, 5.74) is 2.37. The number of nitrogens with zero attached hydrogens (tertiary/aromatic N) is 3. The molecule has 2 aromatic rings. The second-order valence-electron chi connectivity index (χ2n) is 6.29. The van der Waals surface area contributed by atoms with Gasteiger partial charge in [-0.3, -0.25) is 9.89 Å². The molecule has 0 aliphatic carbocycles. The second kappa shape index (κ2) is 9.54. The van der Waals surface area contributed by atoms with Crippen LogP contribution in [-0.4, -0.2) is 57.2 Å². The van der Waals surface area contributed by atoms with Crippen molar-refractivity contribution in [2.24, 2.45) is 4.99 Å². The zero-order valence-electron chi connectivity index (χ0n) is 15.1. The lowest BCUT2D eigenvalue weighted by atomic mass is 10.2. The van der Waals surface area contributed by atoms with E-state index < -0.39 is 0 Å². The summed E-state index contributed by atoms with van der Waals surface area (Å²) in [7, 11) is 1.80. The van der Waals surface area contributed by atoms with E-state index in [4.69, 9.17) is 0 Å². The van der Waals surface area contributed by atoms with Crippen molar-refractivity contribution >= 4 is 23.0 Å². The number of rotatable bonds is 6. The summed E-state index contributed by atoms with van der Waals surface area (Å²) in [5, 5.41) is 10.9. The maximum atomic E-state index is 13.0. The van der Waals surface area contributed by atoms with Crippen LogP contribution in [0.3, 0.4) is 0 Å². The molecule has 7 heteroatoms. The summed E-state index contributed by atoms with van der Waals surface area (Å²) in [6.45, 7) is 6.60. The van der Waals surface area contributed by atoms with Crippen LogP contribution in [0.4, 0.5) is 10.1 Å². The average Bonchev–Trinajstić information content (AvgIpc) is 3.19. The lowest BCUT2D eigenvalue weighted by Crippen LogP contribution is -2.49. The number of halogens is 1. The molecule has 0 spiro atoms. The Balaban J connectivity index is 1.34. The van der Waals surface area contributed by atoms with Crippen molar-refractivity contribution in [3.8, 4) is 0 Å². The molecule has 1 fully saturated rings. The number of aliphatic imine (C=N–C) groups is 1. The highest BCUT2D eigenvalue weighted by Crippen LogP contribution is 2.16. The Labute approximate surface area is 158 Å². The van der Waals surface area contributed by atoms with Crippen LogP contribution in [0, 0.1) is 5.82 Å². The molecule has 1 aliphatic heterocycles.